The Labute approximate surface area is 131 Å². The molecule has 4 nitrogen and oxygen atoms in total. The van der Waals surface area contributed by atoms with E-state index in [0.29, 0.717) is 22.6 Å². The van der Waals surface area contributed by atoms with E-state index in [1.807, 2.05) is 6.07 Å². The first kappa shape index (κ1) is 15.1. The number of ketones is 1. The summed E-state index contributed by atoms with van der Waals surface area (Å²) in [5.41, 5.74) is 0.988. The van der Waals surface area contributed by atoms with Crippen molar-refractivity contribution in [1.82, 2.24) is 0 Å². The summed E-state index contributed by atoms with van der Waals surface area (Å²) >= 11 is 3.31. The summed E-state index contributed by atoms with van der Waals surface area (Å²) < 4.78 is 11.4. The van der Waals surface area contributed by atoms with Gasteiger partial charge in [0, 0.05) is 16.1 Å². The standard InChI is InChI=1S/C16H12BrNO3/c1-20-14-6-11(9-18)7-15(8-14)21-10-16(19)12-2-4-13(17)5-3-12/h2-8H,10H2,1H3. The fourth-order valence-electron chi connectivity index (χ4n) is 1.71. The van der Waals surface area contributed by atoms with Crippen LogP contribution in [0.1, 0.15) is 15.9 Å². The number of hydrogen-bond acceptors (Lipinski definition) is 4. The lowest BCUT2D eigenvalue weighted by molar-refractivity contribution is 0.0921. The van der Waals surface area contributed by atoms with Crippen LogP contribution < -0.4 is 9.47 Å². The van der Waals surface area contributed by atoms with E-state index in [1.54, 1.807) is 42.5 Å². The number of rotatable bonds is 5. The van der Waals surface area contributed by atoms with Crippen LogP contribution in [0.15, 0.2) is 46.9 Å². The smallest absolute Gasteiger partial charge is 0.200 e. The number of Topliss-reactive ketones (excluding diaryl/α,β-unsaturated/α-hetero) is 1. The van der Waals surface area contributed by atoms with Gasteiger partial charge in [0.2, 0.25) is 0 Å². The highest BCUT2D eigenvalue weighted by Gasteiger charge is 2.08. The SMILES string of the molecule is COc1cc(C#N)cc(OCC(=O)c2ccc(Br)cc2)c1. The first-order chi connectivity index (χ1) is 10.1. The van der Waals surface area contributed by atoms with Crippen LogP contribution in [0, 0.1) is 11.3 Å². The maximum atomic E-state index is 12.0. The molecule has 0 aromatic heterocycles. The molecule has 0 heterocycles. The maximum absolute atomic E-state index is 12.0. The average molecular weight is 346 g/mol. The van der Waals surface area contributed by atoms with Gasteiger partial charge in [0.1, 0.15) is 11.5 Å². The quantitative estimate of drug-likeness (QED) is 0.777. The van der Waals surface area contributed by atoms with Crippen molar-refractivity contribution in [3.63, 3.8) is 0 Å². The van der Waals surface area contributed by atoms with Gasteiger partial charge in [-0.15, -0.1) is 0 Å². The lowest BCUT2D eigenvalue weighted by Gasteiger charge is -2.08. The van der Waals surface area contributed by atoms with E-state index in [4.69, 9.17) is 14.7 Å². The number of ether oxygens (including phenoxy) is 2. The summed E-state index contributed by atoms with van der Waals surface area (Å²) in [6.45, 7) is -0.0976. The van der Waals surface area contributed by atoms with Crippen LogP contribution >= 0.6 is 15.9 Å². The first-order valence-electron chi connectivity index (χ1n) is 6.13. The lowest BCUT2D eigenvalue weighted by atomic mass is 10.1. The zero-order valence-electron chi connectivity index (χ0n) is 11.3. The van der Waals surface area contributed by atoms with Gasteiger partial charge in [0.25, 0.3) is 0 Å². The molecule has 0 unspecified atom stereocenters. The van der Waals surface area contributed by atoms with Crippen LogP contribution in [0.3, 0.4) is 0 Å². The van der Waals surface area contributed by atoms with Gasteiger partial charge in [-0.1, -0.05) is 28.1 Å². The van der Waals surface area contributed by atoms with Crippen LogP contribution in [0.4, 0.5) is 0 Å². The third-order valence-electron chi connectivity index (χ3n) is 2.78. The zero-order chi connectivity index (χ0) is 15.2. The van der Waals surface area contributed by atoms with Crippen molar-refractivity contribution in [2.24, 2.45) is 0 Å². The topological polar surface area (TPSA) is 59.3 Å². The van der Waals surface area contributed by atoms with E-state index in [2.05, 4.69) is 15.9 Å². The summed E-state index contributed by atoms with van der Waals surface area (Å²) in [5, 5.41) is 8.93. The predicted octanol–water partition coefficient (Wildman–Crippen LogP) is 3.59. The van der Waals surface area contributed by atoms with E-state index in [1.165, 1.54) is 7.11 Å². The second-order valence-corrected chi connectivity index (χ2v) is 5.14. The molecule has 0 bridgehead atoms. The largest absolute Gasteiger partial charge is 0.497 e. The van der Waals surface area contributed by atoms with E-state index in [0.717, 1.165) is 4.47 Å². The molecule has 0 spiro atoms. The molecule has 0 aliphatic carbocycles. The minimum absolute atomic E-state index is 0.0976. The highest BCUT2D eigenvalue weighted by atomic mass is 79.9. The number of hydrogen-bond donors (Lipinski definition) is 0. The Morgan fingerprint density at radius 2 is 1.86 bits per heavy atom. The molecular weight excluding hydrogens is 334 g/mol. The molecule has 2 aromatic carbocycles. The molecule has 0 fully saturated rings. The molecule has 0 N–H and O–H groups in total. The van der Waals surface area contributed by atoms with Gasteiger partial charge < -0.3 is 9.47 Å². The minimum atomic E-state index is -0.135. The van der Waals surface area contributed by atoms with E-state index in [-0.39, 0.29) is 12.4 Å². The number of halogens is 1. The van der Waals surface area contributed by atoms with Gasteiger partial charge in [0.05, 0.1) is 18.7 Å². The normalized spacial score (nSPS) is 9.76. The first-order valence-corrected chi connectivity index (χ1v) is 6.92. The Balaban J connectivity index is 2.07. The molecule has 0 saturated carbocycles. The van der Waals surface area contributed by atoms with Gasteiger partial charge in [-0.3, -0.25) is 4.79 Å². The van der Waals surface area contributed by atoms with Crippen LogP contribution in [-0.2, 0) is 0 Å². The fourth-order valence-corrected chi connectivity index (χ4v) is 1.97. The van der Waals surface area contributed by atoms with Gasteiger partial charge in [-0.2, -0.15) is 5.26 Å². The summed E-state index contributed by atoms with van der Waals surface area (Å²) in [6.07, 6.45) is 0. The van der Waals surface area contributed by atoms with Crippen molar-refractivity contribution in [2.45, 2.75) is 0 Å². The van der Waals surface area contributed by atoms with Crippen molar-refractivity contribution in [3.05, 3.63) is 58.1 Å². The molecule has 0 aliphatic rings. The number of benzene rings is 2. The predicted molar refractivity (Wildman–Crippen MR) is 81.7 cm³/mol. The molecule has 0 amide bonds. The maximum Gasteiger partial charge on any atom is 0.200 e. The molecular formula is C16H12BrNO3. The van der Waals surface area contributed by atoms with Gasteiger partial charge in [0.15, 0.2) is 12.4 Å². The molecule has 0 saturated heterocycles. The highest BCUT2D eigenvalue weighted by molar-refractivity contribution is 9.10. The summed E-state index contributed by atoms with van der Waals surface area (Å²) in [4.78, 5) is 12.0. The van der Waals surface area contributed by atoms with Crippen LogP contribution in [0.25, 0.3) is 0 Å². The van der Waals surface area contributed by atoms with Crippen LogP contribution in [0.2, 0.25) is 0 Å². The second-order valence-electron chi connectivity index (χ2n) is 4.23. The van der Waals surface area contributed by atoms with E-state index >= 15 is 0 Å². The molecule has 2 rings (SSSR count). The molecule has 0 radical (unpaired) electrons. The van der Waals surface area contributed by atoms with Crippen molar-refractivity contribution in [2.75, 3.05) is 13.7 Å². The van der Waals surface area contributed by atoms with Gasteiger partial charge in [-0.05, 0) is 24.3 Å². The van der Waals surface area contributed by atoms with Gasteiger partial charge in [-0.25, -0.2) is 0 Å². The van der Waals surface area contributed by atoms with Gasteiger partial charge >= 0.3 is 0 Å². The Morgan fingerprint density at radius 1 is 1.19 bits per heavy atom. The Bertz CT molecular complexity index is 690. The molecule has 0 aliphatic heterocycles. The zero-order valence-corrected chi connectivity index (χ0v) is 12.9. The Hall–Kier alpha value is -2.32. The molecule has 5 heteroatoms. The molecule has 0 atom stereocenters. The summed E-state index contributed by atoms with van der Waals surface area (Å²) in [5.74, 6) is 0.806. The Kier molecular flexibility index (Phi) is 4.96. The third kappa shape index (κ3) is 4.07. The van der Waals surface area contributed by atoms with Crippen molar-refractivity contribution >= 4 is 21.7 Å². The number of carbonyl (C=O) groups is 1. The molecule has 2 aromatic rings. The lowest BCUT2D eigenvalue weighted by Crippen LogP contribution is -2.11. The van der Waals surface area contributed by atoms with Crippen LogP contribution in [0.5, 0.6) is 11.5 Å². The molecule has 21 heavy (non-hydrogen) atoms. The summed E-state index contributed by atoms with van der Waals surface area (Å²) in [6, 6.07) is 13.9. The number of nitriles is 1. The minimum Gasteiger partial charge on any atom is -0.497 e. The Morgan fingerprint density at radius 3 is 2.48 bits per heavy atom. The molecule has 106 valence electrons. The number of carbonyl (C=O) groups excluding carboxylic acids is 1. The van der Waals surface area contributed by atoms with E-state index in [9.17, 15) is 4.79 Å². The third-order valence-corrected chi connectivity index (χ3v) is 3.31. The number of methoxy groups -OCH3 is 1. The number of nitrogens with zero attached hydrogens (tertiary/aromatic N) is 1. The van der Waals surface area contributed by atoms with E-state index < -0.39 is 0 Å². The monoisotopic (exact) mass is 345 g/mol. The van der Waals surface area contributed by atoms with Crippen molar-refractivity contribution < 1.29 is 14.3 Å². The van der Waals surface area contributed by atoms with Crippen molar-refractivity contribution in [1.29, 1.82) is 5.26 Å². The highest BCUT2D eigenvalue weighted by Crippen LogP contribution is 2.22. The van der Waals surface area contributed by atoms with Crippen LogP contribution in [-0.4, -0.2) is 19.5 Å². The van der Waals surface area contributed by atoms with Crippen molar-refractivity contribution in [3.8, 4) is 17.6 Å². The second kappa shape index (κ2) is 6.91. The average Bonchev–Trinajstić information content (AvgIpc) is 2.52. The fraction of sp³-hybridized carbons (Fsp3) is 0.125. The summed E-state index contributed by atoms with van der Waals surface area (Å²) in [7, 11) is 1.51.